The van der Waals surface area contributed by atoms with E-state index in [1.807, 2.05) is 84.9 Å². The number of carbonyl (C=O) groups excluding carboxylic acids is 2. The van der Waals surface area contributed by atoms with Crippen LogP contribution in [-0.4, -0.2) is 44.8 Å². The van der Waals surface area contributed by atoms with Gasteiger partial charge in [-0.2, -0.15) is 0 Å². The highest BCUT2D eigenvalue weighted by Crippen LogP contribution is 2.40. The SMILES string of the molecule is Nc1ccccc1NC(=O)CCCCCCC(=O)NCc1ccccc1-c1ccc([C@H]2O[C@@H](CSc3ncccc3C(=O)O)C[C@@H](c3ccc(CO)cc3)O2)cc1. The van der Waals surface area contributed by atoms with Gasteiger partial charge in [0, 0.05) is 43.3 Å². The number of amides is 2. The van der Waals surface area contributed by atoms with Crippen LogP contribution in [0.3, 0.4) is 0 Å². The van der Waals surface area contributed by atoms with Gasteiger partial charge >= 0.3 is 5.97 Å². The van der Waals surface area contributed by atoms with E-state index in [-0.39, 0.29) is 36.2 Å². The Morgan fingerprint density at radius 2 is 1.49 bits per heavy atom. The van der Waals surface area contributed by atoms with E-state index in [2.05, 4.69) is 15.6 Å². The molecule has 0 bridgehead atoms. The second kappa shape index (κ2) is 20.6. The van der Waals surface area contributed by atoms with Gasteiger partial charge in [-0.3, -0.25) is 9.59 Å². The number of para-hydroxylation sites is 2. The minimum Gasteiger partial charge on any atom is -0.478 e. The predicted octanol–water partition coefficient (Wildman–Crippen LogP) is 8.45. The third-order valence-electron chi connectivity index (χ3n) is 9.80. The average Bonchev–Trinajstić information content (AvgIpc) is 3.24. The highest BCUT2D eigenvalue weighted by Gasteiger charge is 2.32. The second-order valence-electron chi connectivity index (χ2n) is 13.9. The molecule has 2 heterocycles. The maximum Gasteiger partial charge on any atom is 0.338 e. The number of aromatic nitrogens is 1. The summed E-state index contributed by atoms with van der Waals surface area (Å²) in [5.41, 5.74) is 12.8. The van der Waals surface area contributed by atoms with Crippen molar-refractivity contribution in [2.75, 3.05) is 16.8 Å². The first-order valence-corrected chi connectivity index (χ1v) is 20.2. The molecule has 3 atom stereocenters. The standard InChI is InChI=1S/C45H48N4O7S/c46-38-13-7-8-14-39(38)49-42(52)16-4-2-1-3-15-41(51)48-27-34-10-5-6-11-36(34)31-21-23-33(24-22-31)45-55-35(29-57-43-37(44(53)54)12-9-25-47-43)26-40(56-45)32-19-17-30(28-50)18-20-32/h5-14,17-25,35,40,45,50H,1-4,15-16,26-29,46H2,(H,48,51)(H,49,52)(H,53,54)/t35-,40+,45+/m1/s1. The Morgan fingerprint density at radius 1 is 0.789 bits per heavy atom. The summed E-state index contributed by atoms with van der Waals surface area (Å²) >= 11 is 1.35. The smallest absolute Gasteiger partial charge is 0.338 e. The fourth-order valence-electron chi connectivity index (χ4n) is 6.67. The number of nitrogens with one attached hydrogen (secondary N) is 2. The molecule has 11 nitrogen and oxygen atoms in total. The number of rotatable bonds is 18. The fourth-order valence-corrected chi connectivity index (χ4v) is 7.67. The number of aliphatic hydroxyl groups is 1. The number of nitrogens with zero attached hydrogens (tertiary/aromatic N) is 1. The summed E-state index contributed by atoms with van der Waals surface area (Å²) in [6.07, 6.45) is 4.93. The highest BCUT2D eigenvalue weighted by molar-refractivity contribution is 7.99. The first-order chi connectivity index (χ1) is 27.8. The molecule has 4 aromatic carbocycles. The van der Waals surface area contributed by atoms with Crippen LogP contribution < -0.4 is 16.4 Å². The Hall–Kier alpha value is -5.53. The van der Waals surface area contributed by atoms with Crippen molar-refractivity contribution in [2.45, 2.75) is 81.6 Å². The van der Waals surface area contributed by atoms with Crippen LogP contribution in [0.5, 0.6) is 0 Å². The lowest BCUT2D eigenvalue weighted by Gasteiger charge is -2.36. The minimum absolute atomic E-state index is 0.0143. The number of ether oxygens (including phenoxy) is 2. The fraction of sp³-hybridized carbons (Fsp3) is 0.289. The zero-order valence-electron chi connectivity index (χ0n) is 31.6. The van der Waals surface area contributed by atoms with Crippen LogP contribution in [-0.2, 0) is 32.2 Å². The summed E-state index contributed by atoms with van der Waals surface area (Å²) in [6.45, 7) is 0.343. The summed E-state index contributed by atoms with van der Waals surface area (Å²) in [5.74, 6) is -0.632. The zero-order chi connectivity index (χ0) is 40.0. The quantitative estimate of drug-likeness (QED) is 0.0329. The molecular formula is C45H48N4O7S. The van der Waals surface area contributed by atoms with Crippen LogP contribution in [0.2, 0.25) is 0 Å². The number of carboxylic acids is 1. The van der Waals surface area contributed by atoms with Crippen molar-refractivity contribution >= 4 is 40.9 Å². The van der Waals surface area contributed by atoms with E-state index in [9.17, 15) is 24.6 Å². The molecule has 0 saturated carbocycles. The Kier molecular flexibility index (Phi) is 14.8. The van der Waals surface area contributed by atoms with Gasteiger partial charge in [0.1, 0.15) is 5.03 Å². The number of unbranched alkanes of at least 4 members (excludes halogenated alkanes) is 3. The summed E-state index contributed by atoms with van der Waals surface area (Å²) < 4.78 is 13.0. The zero-order valence-corrected chi connectivity index (χ0v) is 32.5. The highest BCUT2D eigenvalue weighted by atomic mass is 32.2. The largest absolute Gasteiger partial charge is 0.478 e. The lowest BCUT2D eigenvalue weighted by molar-refractivity contribution is -0.245. The molecule has 1 aliphatic heterocycles. The Morgan fingerprint density at radius 3 is 2.23 bits per heavy atom. The van der Waals surface area contributed by atoms with Crippen molar-refractivity contribution < 1.29 is 34.1 Å². The van der Waals surface area contributed by atoms with E-state index in [1.54, 1.807) is 30.5 Å². The molecule has 1 fully saturated rings. The molecule has 0 unspecified atom stereocenters. The van der Waals surface area contributed by atoms with Gasteiger partial charge in [0.05, 0.1) is 35.8 Å². The third-order valence-corrected chi connectivity index (χ3v) is 10.9. The molecule has 1 saturated heterocycles. The van der Waals surface area contributed by atoms with Crippen LogP contribution >= 0.6 is 11.8 Å². The number of anilines is 2. The maximum atomic E-state index is 12.8. The molecular weight excluding hydrogens is 741 g/mol. The molecule has 296 valence electrons. The molecule has 2 amide bonds. The number of nitrogens with two attached hydrogens (primary N) is 1. The Balaban J connectivity index is 1.03. The van der Waals surface area contributed by atoms with E-state index in [1.165, 1.54) is 11.8 Å². The monoisotopic (exact) mass is 788 g/mol. The van der Waals surface area contributed by atoms with E-state index >= 15 is 0 Å². The van der Waals surface area contributed by atoms with Gasteiger partial charge < -0.3 is 36.1 Å². The summed E-state index contributed by atoms with van der Waals surface area (Å²) in [7, 11) is 0. The van der Waals surface area contributed by atoms with Crippen molar-refractivity contribution in [1.82, 2.24) is 10.3 Å². The van der Waals surface area contributed by atoms with Crippen LogP contribution in [0, 0.1) is 0 Å². The van der Waals surface area contributed by atoms with Gasteiger partial charge in [-0.25, -0.2) is 9.78 Å². The summed E-state index contributed by atoms with van der Waals surface area (Å²) in [5, 5.41) is 25.6. The normalized spacial score (nSPS) is 16.5. The molecule has 12 heteroatoms. The first-order valence-electron chi connectivity index (χ1n) is 19.2. The van der Waals surface area contributed by atoms with Crippen molar-refractivity contribution in [3.63, 3.8) is 0 Å². The number of carboxylic acid groups (broad SMARTS) is 1. The van der Waals surface area contributed by atoms with Crippen LogP contribution in [0.15, 0.2) is 120 Å². The predicted molar refractivity (Wildman–Crippen MR) is 221 cm³/mol. The van der Waals surface area contributed by atoms with E-state index in [0.29, 0.717) is 48.0 Å². The Labute approximate surface area is 337 Å². The lowest BCUT2D eigenvalue weighted by atomic mass is 9.97. The van der Waals surface area contributed by atoms with E-state index in [4.69, 9.17) is 15.2 Å². The van der Waals surface area contributed by atoms with Crippen LogP contribution in [0.4, 0.5) is 11.4 Å². The first kappa shape index (κ1) is 41.1. The third kappa shape index (κ3) is 11.7. The molecule has 1 aromatic heterocycles. The topological polar surface area (TPSA) is 173 Å². The van der Waals surface area contributed by atoms with Gasteiger partial charge in [-0.05, 0) is 64.9 Å². The van der Waals surface area contributed by atoms with E-state index in [0.717, 1.165) is 59.1 Å². The lowest BCUT2D eigenvalue weighted by Crippen LogP contribution is -2.31. The van der Waals surface area contributed by atoms with Crippen LogP contribution in [0.1, 0.15) is 90.0 Å². The van der Waals surface area contributed by atoms with Crippen molar-refractivity contribution in [3.05, 3.63) is 143 Å². The molecule has 6 N–H and O–H groups in total. The van der Waals surface area contributed by atoms with Crippen molar-refractivity contribution in [1.29, 1.82) is 0 Å². The number of aromatic carboxylic acids is 1. The number of benzene rings is 4. The molecule has 57 heavy (non-hydrogen) atoms. The van der Waals surface area contributed by atoms with Gasteiger partial charge in [-0.1, -0.05) is 97.8 Å². The molecule has 1 aliphatic rings. The minimum atomic E-state index is -1.03. The molecule has 0 aliphatic carbocycles. The summed E-state index contributed by atoms with van der Waals surface area (Å²) in [6, 6.07) is 34.0. The molecule has 5 aromatic rings. The number of thioether (sulfide) groups is 1. The number of hydrogen-bond donors (Lipinski definition) is 5. The summed E-state index contributed by atoms with van der Waals surface area (Å²) in [4.78, 5) is 41.1. The second-order valence-corrected chi connectivity index (χ2v) is 14.9. The molecule has 0 radical (unpaired) electrons. The molecule has 6 rings (SSSR count). The van der Waals surface area contributed by atoms with E-state index < -0.39 is 12.3 Å². The van der Waals surface area contributed by atoms with Gasteiger partial charge in [0.25, 0.3) is 0 Å². The number of nitrogen functional groups attached to an aromatic ring is 1. The van der Waals surface area contributed by atoms with Crippen molar-refractivity contribution in [2.24, 2.45) is 0 Å². The van der Waals surface area contributed by atoms with Crippen molar-refractivity contribution in [3.8, 4) is 11.1 Å². The molecule has 0 spiro atoms. The number of hydrogen-bond acceptors (Lipinski definition) is 9. The average molecular weight is 789 g/mol. The van der Waals surface area contributed by atoms with Gasteiger partial charge in [-0.15, -0.1) is 11.8 Å². The Bertz CT molecular complexity index is 2110. The van der Waals surface area contributed by atoms with Gasteiger partial charge in [0.2, 0.25) is 11.8 Å². The van der Waals surface area contributed by atoms with Crippen LogP contribution in [0.25, 0.3) is 11.1 Å². The number of aliphatic hydroxyl groups excluding tert-OH is 1. The number of pyridine rings is 1. The van der Waals surface area contributed by atoms with Gasteiger partial charge in [0.15, 0.2) is 6.29 Å². The maximum absolute atomic E-state index is 12.8. The number of carbonyl (C=O) groups is 3.